The highest BCUT2D eigenvalue weighted by atomic mass is 15.2. The summed E-state index contributed by atoms with van der Waals surface area (Å²) in [6.45, 7) is 32.6. The molecule has 0 aliphatic carbocycles. The lowest BCUT2D eigenvalue weighted by Crippen LogP contribution is -2.61. The molecule has 65 heavy (non-hydrogen) atoms. The number of nitrogens with zero attached hydrogens (tertiary/aromatic N) is 3. The maximum Gasteiger partial charge on any atom is 0.252 e. The van der Waals surface area contributed by atoms with Crippen LogP contribution in [0.2, 0.25) is 0 Å². The van der Waals surface area contributed by atoms with Crippen molar-refractivity contribution in [1.29, 1.82) is 0 Å². The fourth-order valence-electron chi connectivity index (χ4n) is 10.8. The van der Waals surface area contributed by atoms with E-state index >= 15 is 0 Å². The fraction of sp³-hybridized carbons (Fsp3) is 0.311. The van der Waals surface area contributed by atoms with Gasteiger partial charge in [-0.2, -0.15) is 0 Å². The van der Waals surface area contributed by atoms with Crippen LogP contribution in [0, 0.1) is 0 Å². The van der Waals surface area contributed by atoms with Crippen LogP contribution in [0.5, 0.6) is 0 Å². The predicted octanol–water partition coefficient (Wildman–Crippen LogP) is 15.1. The van der Waals surface area contributed by atoms with Gasteiger partial charge in [-0.1, -0.05) is 182 Å². The second kappa shape index (κ2) is 14.5. The molecule has 7 aromatic rings. The van der Waals surface area contributed by atoms with Crippen molar-refractivity contribution in [3.8, 4) is 0 Å². The van der Waals surface area contributed by atoms with E-state index in [0.29, 0.717) is 0 Å². The average molecular weight is 852 g/mol. The van der Waals surface area contributed by atoms with Crippen molar-refractivity contribution in [2.45, 2.75) is 124 Å². The number of benzene rings is 7. The molecule has 0 amide bonds. The summed E-state index contributed by atoms with van der Waals surface area (Å²) in [5, 5.41) is 0. The molecule has 0 N–H and O–H groups in total. The molecule has 7 aromatic carbocycles. The van der Waals surface area contributed by atoms with Crippen molar-refractivity contribution in [2.24, 2.45) is 0 Å². The van der Waals surface area contributed by atoms with Crippen LogP contribution in [0.15, 0.2) is 146 Å². The van der Waals surface area contributed by atoms with Crippen molar-refractivity contribution in [3.05, 3.63) is 179 Å². The van der Waals surface area contributed by atoms with Gasteiger partial charge in [0.2, 0.25) is 0 Å². The number of rotatable bonds is 3. The molecule has 0 aromatic heterocycles. The van der Waals surface area contributed by atoms with E-state index in [2.05, 4.69) is 257 Å². The first-order valence-corrected chi connectivity index (χ1v) is 23.8. The van der Waals surface area contributed by atoms with Gasteiger partial charge in [0.1, 0.15) is 0 Å². The molecule has 10 rings (SSSR count). The van der Waals surface area contributed by atoms with E-state index < -0.39 is 0 Å². The molecular formula is C61H66BN3. The Morgan fingerprint density at radius 1 is 0.338 bits per heavy atom. The number of fused-ring (bicyclic) bond motifs is 6. The van der Waals surface area contributed by atoms with E-state index in [4.69, 9.17) is 0 Å². The van der Waals surface area contributed by atoms with Crippen LogP contribution in [0.3, 0.4) is 0 Å². The van der Waals surface area contributed by atoms with Crippen molar-refractivity contribution in [3.63, 3.8) is 0 Å². The first kappa shape index (κ1) is 42.9. The van der Waals surface area contributed by atoms with Crippen molar-refractivity contribution in [1.82, 2.24) is 0 Å². The van der Waals surface area contributed by atoms with Crippen LogP contribution in [0.1, 0.15) is 130 Å². The Labute approximate surface area is 390 Å². The van der Waals surface area contributed by atoms with Crippen molar-refractivity contribution >= 4 is 74.3 Å². The third-order valence-electron chi connectivity index (χ3n) is 14.7. The first-order chi connectivity index (χ1) is 30.5. The maximum atomic E-state index is 2.58. The summed E-state index contributed by atoms with van der Waals surface area (Å²) in [5.41, 5.74) is 22.7. The molecule has 0 unspecified atom stereocenters. The number of anilines is 9. The van der Waals surface area contributed by atoms with E-state index in [-0.39, 0.29) is 33.8 Å². The zero-order chi connectivity index (χ0) is 46.2. The van der Waals surface area contributed by atoms with Gasteiger partial charge in [-0.25, -0.2) is 0 Å². The summed E-state index contributed by atoms with van der Waals surface area (Å²) in [4.78, 5) is 7.70. The van der Waals surface area contributed by atoms with Crippen molar-refractivity contribution in [2.75, 3.05) is 14.7 Å². The van der Waals surface area contributed by atoms with Gasteiger partial charge in [-0.3, -0.25) is 0 Å². The number of para-hydroxylation sites is 2. The highest BCUT2D eigenvalue weighted by Crippen LogP contribution is 2.54. The van der Waals surface area contributed by atoms with Gasteiger partial charge in [0, 0.05) is 39.5 Å². The minimum Gasteiger partial charge on any atom is -0.311 e. The number of hydrogen-bond acceptors (Lipinski definition) is 3. The third kappa shape index (κ3) is 6.93. The standard InChI is InChI=1S/C61H66BN3/c1-57(2,3)39-23-29-43(30-24-39)63-52-33-27-41(59(7,8)9)35-48(52)62-49-36-42(60(10,11)12)28-34-53(49)64(44-31-25-40(26-32-44)58(4,5)6)55-38-45(37-54(63)56(55)62)65-50-21-17-15-19-46(50)61(13,14)47-20-16-18-22-51(47)65/h15-38H,1-14H3. The molecular weight excluding hydrogens is 786 g/mol. The lowest BCUT2D eigenvalue weighted by Gasteiger charge is -2.46. The van der Waals surface area contributed by atoms with Crippen molar-refractivity contribution < 1.29 is 0 Å². The Kier molecular flexibility index (Phi) is 9.58. The highest BCUT2D eigenvalue weighted by molar-refractivity contribution is 7.00. The molecule has 0 fully saturated rings. The molecule has 0 saturated carbocycles. The Balaban J connectivity index is 1.35. The summed E-state index contributed by atoms with van der Waals surface area (Å²) in [6.07, 6.45) is 0. The monoisotopic (exact) mass is 852 g/mol. The van der Waals surface area contributed by atoms with Crippen LogP contribution in [0.4, 0.5) is 51.2 Å². The SMILES string of the molecule is CC(C)(C)c1ccc(N2c3ccc(C(C)(C)C)cc3B3c4cc(C(C)(C)C)ccc4N(c4ccc(C(C)(C)C)cc4)c4cc(N5c6ccccc6C(C)(C)c6ccccc65)cc2c43)cc1. The van der Waals surface area contributed by atoms with Gasteiger partial charge >= 0.3 is 0 Å². The average Bonchev–Trinajstić information content (AvgIpc) is 3.25. The van der Waals surface area contributed by atoms with Crippen LogP contribution in [-0.4, -0.2) is 6.71 Å². The number of hydrogen-bond donors (Lipinski definition) is 0. The fourth-order valence-corrected chi connectivity index (χ4v) is 10.8. The summed E-state index contributed by atoms with van der Waals surface area (Å²) in [6, 6.07) is 56.6. The molecule has 3 aliphatic rings. The van der Waals surface area contributed by atoms with Gasteiger partial charge in [0.25, 0.3) is 6.71 Å². The van der Waals surface area contributed by atoms with E-state index in [1.54, 1.807) is 0 Å². The molecule has 3 heterocycles. The van der Waals surface area contributed by atoms with Gasteiger partial charge in [-0.05, 0) is 132 Å². The molecule has 0 saturated heterocycles. The quantitative estimate of drug-likeness (QED) is 0.164. The van der Waals surface area contributed by atoms with Crippen LogP contribution in [0.25, 0.3) is 0 Å². The molecule has 328 valence electrons. The van der Waals surface area contributed by atoms with Gasteiger partial charge in [0.05, 0.1) is 17.1 Å². The highest BCUT2D eigenvalue weighted by Gasteiger charge is 2.46. The van der Waals surface area contributed by atoms with Crippen LogP contribution in [-0.2, 0) is 27.1 Å². The predicted molar refractivity (Wildman–Crippen MR) is 282 cm³/mol. The molecule has 0 atom stereocenters. The zero-order valence-electron chi connectivity index (χ0n) is 41.3. The van der Waals surface area contributed by atoms with Crippen LogP contribution >= 0.6 is 0 Å². The third-order valence-corrected chi connectivity index (χ3v) is 14.7. The molecule has 3 aliphatic heterocycles. The molecule has 0 radical (unpaired) electrons. The Bertz CT molecular complexity index is 2800. The Hall–Kier alpha value is -6.00. The smallest absolute Gasteiger partial charge is 0.252 e. The summed E-state index contributed by atoms with van der Waals surface area (Å²) < 4.78 is 0. The van der Waals surface area contributed by atoms with E-state index in [1.165, 1.54) is 83.9 Å². The van der Waals surface area contributed by atoms with E-state index in [9.17, 15) is 0 Å². The Morgan fingerprint density at radius 3 is 1.05 bits per heavy atom. The second-order valence-corrected chi connectivity index (χ2v) is 23.6. The van der Waals surface area contributed by atoms with E-state index in [1.807, 2.05) is 0 Å². The lowest BCUT2D eigenvalue weighted by molar-refractivity contribution is 0.590. The zero-order valence-corrected chi connectivity index (χ0v) is 41.3. The summed E-state index contributed by atoms with van der Waals surface area (Å²) >= 11 is 0. The van der Waals surface area contributed by atoms with E-state index in [0.717, 1.165) is 17.1 Å². The maximum absolute atomic E-state index is 2.58. The summed E-state index contributed by atoms with van der Waals surface area (Å²) in [7, 11) is 0. The van der Waals surface area contributed by atoms with Gasteiger partial charge in [0.15, 0.2) is 0 Å². The molecule has 0 spiro atoms. The summed E-state index contributed by atoms with van der Waals surface area (Å²) in [5.74, 6) is 0. The first-order valence-electron chi connectivity index (χ1n) is 23.8. The largest absolute Gasteiger partial charge is 0.311 e. The van der Waals surface area contributed by atoms with Gasteiger partial charge < -0.3 is 14.7 Å². The van der Waals surface area contributed by atoms with Gasteiger partial charge in [-0.15, -0.1) is 0 Å². The second-order valence-electron chi connectivity index (χ2n) is 23.6. The minimum atomic E-state index is -0.174. The topological polar surface area (TPSA) is 9.72 Å². The Morgan fingerprint density at radius 2 is 0.677 bits per heavy atom. The van der Waals surface area contributed by atoms with Crippen LogP contribution < -0.4 is 31.1 Å². The molecule has 4 heteroatoms. The normalized spacial score (nSPS) is 15.2. The molecule has 0 bridgehead atoms. The lowest BCUT2D eigenvalue weighted by atomic mass is 9.33. The minimum absolute atomic E-state index is 0.00120. The molecule has 3 nitrogen and oxygen atoms in total.